The number of nitrogens with zero attached hydrogens (tertiary/aromatic N) is 2. The molecule has 0 aliphatic rings. The molecule has 0 aliphatic heterocycles. The maximum atomic E-state index is 12.5. The molecule has 0 atom stereocenters. The number of benzene rings is 1. The number of aromatic nitrogens is 2. The van der Waals surface area contributed by atoms with Crippen LogP contribution < -0.4 is 9.47 Å². The van der Waals surface area contributed by atoms with Gasteiger partial charge in [0, 0.05) is 0 Å². The molecule has 0 amide bonds. The second-order valence-corrected chi connectivity index (χ2v) is 5.82. The first-order valence-corrected chi connectivity index (χ1v) is 9.51. The molecule has 8 nitrogen and oxygen atoms in total. The van der Waals surface area contributed by atoms with Crippen LogP contribution in [0.3, 0.4) is 0 Å². The van der Waals surface area contributed by atoms with E-state index in [1.165, 1.54) is 0 Å². The summed E-state index contributed by atoms with van der Waals surface area (Å²) >= 11 is 0. The molecular weight excluding hydrogens is 364 g/mol. The summed E-state index contributed by atoms with van der Waals surface area (Å²) in [4.78, 5) is 33.8. The van der Waals surface area contributed by atoms with Crippen LogP contribution in [-0.2, 0) is 9.47 Å². The van der Waals surface area contributed by atoms with Gasteiger partial charge in [-0.2, -0.15) is 0 Å². The first kappa shape index (κ1) is 21.4. The second kappa shape index (κ2) is 10.4. The van der Waals surface area contributed by atoms with Crippen molar-refractivity contribution in [2.75, 3.05) is 26.4 Å². The minimum absolute atomic E-state index is 0.198. The SMILES string of the molecule is CCCOC(=O)c1nc2c(OCC)ccc(OCC)c2nc1C(=O)OCCC. The monoisotopic (exact) mass is 390 g/mol. The van der Waals surface area contributed by atoms with Crippen LogP contribution in [-0.4, -0.2) is 48.3 Å². The van der Waals surface area contributed by atoms with E-state index in [1.54, 1.807) is 12.1 Å². The fourth-order valence-electron chi connectivity index (χ4n) is 2.44. The predicted molar refractivity (Wildman–Crippen MR) is 103 cm³/mol. The van der Waals surface area contributed by atoms with Crippen LogP contribution in [0.15, 0.2) is 12.1 Å². The third-order valence-electron chi connectivity index (χ3n) is 3.61. The van der Waals surface area contributed by atoms with Crippen LogP contribution in [0, 0.1) is 0 Å². The largest absolute Gasteiger partial charge is 0.492 e. The molecular formula is C20H26N2O6. The number of rotatable bonds is 10. The van der Waals surface area contributed by atoms with Gasteiger partial charge in [0.15, 0.2) is 11.4 Å². The van der Waals surface area contributed by atoms with Gasteiger partial charge in [-0.25, -0.2) is 19.6 Å². The Hall–Kier alpha value is -2.90. The molecule has 1 aromatic heterocycles. The van der Waals surface area contributed by atoms with Crippen LogP contribution in [0.4, 0.5) is 0 Å². The van der Waals surface area contributed by atoms with Crippen molar-refractivity contribution in [1.29, 1.82) is 0 Å². The van der Waals surface area contributed by atoms with Gasteiger partial charge in [-0.05, 0) is 38.8 Å². The lowest BCUT2D eigenvalue weighted by Crippen LogP contribution is -2.19. The maximum absolute atomic E-state index is 12.5. The Balaban J connectivity index is 2.68. The van der Waals surface area contributed by atoms with Gasteiger partial charge < -0.3 is 18.9 Å². The number of esters is 2. The average Bonchev–Trinajstić information content (AvgIpc) is 2.71. The van der Waals surface area contributed by atoms with Crippen LogP contribution in [0.5, 0.6) is 11.5 Å². The lowest BCUT2D eigenvalue weighted by molar-refractivity contribution is 0.0447. The zero-order chi connectivity index (χ0) is 20.5. The van der Waals surface area contributed by atoms with E-state index in [4.69, 9.17) is 18.9 Å². The van der Waals surface area contributed by atoms with Crippen molar-refractivity contribution in [1.82, 2.24) is 9.97 Å². The van der Waals surface area contributed by atoms with Gasteiger partial charge in [0.25, 0.3) is 0 Å². The molecule has 0 N–H and O–H groups in total. The molecule has 0 unspecified atom stereocenters. The fourth-order valence-corrected chi connectivity index (χ4v) is 2.44. The molecule has 0 fully saturated rings. The van der Waals surface area contributed by atoms with Crippen molar-refractivity contribution < 1.29 is 28.5 Å². The lowest BCUT2D eigenvalue weighted by atomic mass is 10.2. The highest BCUT2D eigenvalue weighted by Gasteiger charge is 2.26. The summed E-state index contributed by atoms with van der Waals surface area (Å²) in [6.07, 6.45) is 1.28. The van der Waals surface area contributed by atoms with E-state index in [2.05, 4.69) is 9.97 Å². The Kier molecular flexibility index (Phi) is 7.98. The minimum atomic E-state index is -0.732. The average molecular weight is 390 g/mol. The third-order valence-corrected chi connectivity index (χ3v) is 3.61. The molecule has 0 saturated heterocycles. The smallest absolute Gasteiger partial charge is 0.359 e. The highest BCUT2D eigenvalue weighted by molar-refractivity contribution is 6.03. The van der Waals surface area contributed by atoms with E-state index in [-0.39, 0.29) is 24.6 Å². The summed E-state index contributed by atoms with van der Waals surface area (Å²) in [5.41, 5.74) is 0.250. The van der Waals surface area contributed by atoms with Crippen LogP contribution in [0.1, 0.15) is 61.5 Å². The van der Waals surface area contributed by atoms with E-state index < -0.39 is 11.9 Å². The minimum Gasteiger partial charge on any atom is -0.492 e. The van der Waals surface area contributed by atoms with Gasteiger partial charge in [-0.3, -0.25) is 0 Å². The Labute approximate surface area is 164 Å². The van der Waals surface area contributed by atoms with E-state index in [9.17, 15) is 9.59 Å². The molecule has 2 rings (SSSR count). The van der Waals surface area contributed by atoms with Gasteiger partial charge in [0.2, 0.25) is 0 Å². The summed E-state index contributed by atoms with van der Waals surface area (Å²) in [6.45, 7) is 8.64. The first-order valence-electron chi connectivity index (χ1n) is 9.51. The highest BCUT2D eigenvalue weighted by Crippen LogP contribution is 2.32. The molecule has 28 heavy (non-hydrogen) atoms. The van der Waals surface area contributed by atoms with Gasteiger partial charge >= 0.3 is 11.9 Å². The van der Waals surface area contributed by atoms with Crippen LogP contribution >= 0.6 is 0 Å². The molecule has 1 aromatic carbocycles. The zero-order valence-electron chi connectivity index (χ0n) is 16.7. The van der Waals surface area contributed by atoms with Crippen LogP contribution in [0.2, 0.25) is 0 Å². The maximum Gasteiger partial charge on any atom is 0.359 e. The molecule has 152 valence electrons. The number of ether oxygens (including phenoxy) is 4. The van der Waals surface area contributed by atoms with E-state index >= 15 is 0 Å². The molecule has 8 heteroatoms. The van der Waals surface area contributed by atoms with E-state index in [0.29, 0.717) is 48.6 Å². The number of fused-ring (bicyclic) bond motifs is 1. The normalized spacial score (nSPS) is 10.6. The van der Waals surface area contributed by atoms with Gasteiger partial charge in [0.05, 0.1) is 26.4 Å². The highest BCUT2D eigenvalue weighted by atomic mass is 16.5. The summed E-state index contributed by atoms with van der Waals surface area (Å²) in [5, 5.41) is 0. The molecule has 0 bridgehead atoms. The van der Waals surface area contributed by atoms with Crippen molar-refractivity contribution in [3.63, 3.8) is 0 Å². The van der Waals surface area contributed by atoms with Crippen LogP contribution in [0.25, 0.3) is 11.0 Å². The third kappa shape index (κ3) is 4.88. The Morgan fingerprint density at radius 1 is 0.750 bits per heavy atom. The fraction of sp³-hybridized carbons (Fsp3) is 0.500. The standard InChI is InChI=1S/C20H26N2O6/c1-5-11-27-19(23)17-18(20(24)28-12-6-2)22-16-14(26-8-4)10-9-13(25-7-3)15(16)21-17/h9-10H,5-8,11-12H2,1-4H3. The number of carbonyl (C=O) groups excluding carboxylic acids is 2. The Bertz CT molecular complexity index is 769. The molecule has 0 aliphatic carbocycles. The lowest BCUT2D eigenvalue weighted by Gasteiger charge is -2.14. The van der Waals surface area contributed by atoms with Crippen molar-refractivity contribution in [2.45, 2.75) is 40.5 Å². The van der Waals surface area contributed by atoms with Gasteiger partial charge in [-0.15, -0.1) is 0 Å². The Morgan fingerprint density at radius 3 is 1.46 bits per heavy atom. The Morgan fingerprint density at radius 2 is 1.14 bits per heavy atom. The summed E-state index contributed by atoms with van der Waals surface area (Å²) in [5.74, 6) is -0.592. The predicted octanol–water partition coefficient (Wildman–Crippen LogP) is 3.56. The zero-order valence-corrected chi connectivity index (χ0v) is 16.7. The summed E-state index contributed by atoms with van der Waals surface area (Å²) in [6, 6.07) is 3.39. The second-order valence-electron chi connectivity index (χ2n) is 5.82. The number of carbonyl (C=O) groups is 2. The van der Waals surface area contributed by atoms with Gasteiger partial charge in [0.1, 0.15) is 22.5 Å². The van der Waals surface area contributed by atoms with Gasteiger partial charge in [-0.1, -0.05) is 13.8 Å². The number of hydrogen-bond acceptors (Lipinski definition) is 8. The summed E-state index contributed by atoms with van der Waals surface area (Å²) < 4.78 is 21.6. The summed E-state index contributed by atoms with van der Waals surface area (Å²) in [7, 11) is 0. The first-order chi connectivity index (χ1) is 13.6. The van der Waals surface area contributed by atoms with Crippen molar-refractivity contribution in [2.24, 2.45) is 0 Å². The molecule has 0 saturated carbocycles. The topological polar surface area (TPSA) is 96.8 Å². The molecule has 0 spiro atoms. The molecule has 1 heterocycles. The van der Waals surface area contributed by atoms with E-state index in [1.807, 2.05) is 27.7 Å². The van der Waals surface area contributed by atoms with Crippen molar-refractivity contribution in [3.8, 4) is 11.5 Å². The van der Waals surface area contributed by atoms with E-state index in [0.717, 1.165) is 0 Å². The van der Waals surface area contributed by atoms with Crippen molar-refractivity contribution >= 4 is 23.0 Å². The number of hydrogen-bond donors (Lipinski definition) is 0. The quantitative estimate of drug-likeness (QED) is 0.568. The van der Waals surface area contributed by atoms with Crippen molar-refractivity contribution in [3.05, 3.63) is 23.5 Å². The molecule has 0 radical (unpaired) electrons. The molecule has 2 aromatic rings.